The zero-order chi connectivity index (χ0) is 13.0. The number of carboxylic acid groups (broad SMARTS) is 1. The highest BCUT2D eigenvalue weighted by atomic mass is 32.1. The van der Waals surface area contributed by atoms with Gasteiger partial charge in [-0.15, -0.1) is 11.3 Å². The van der Waals surface area contributed by atoms with Crippen molar-refractivity contribution in [1.82, 2.24) is 5.32 Å². The number of rotatable bonds is 4. The van der Waals surface area contributed by atoms with E-state index in [1.165, 1.54) is 30.6 Å². The molecule has 0 aromatic carbocycles. The molecule has 1 saturated carbocycles. The summed E-state index contributed by atoms with van der Waals surface area (Å²) in [4.78, 5) is 13.5. The summed E-state index contributed by atoms with van der Waals surface area (Å²) in [7, 11) is 0. The zero-order valence-corrected chi connectivity index (χ0v) is 11.6. The van der Waals surface area contributed by atoms with Crippen molar-refractivity contribution in [2.45, 2.75) is 57.5 Å². The van der Waals surface area contributed by atoms with Crippen LogP contribution in [0.1, 0.15) is 54.3 Å². The number of carboxylic acids is 1. The first kappa shape index (κ1) is 13.6. The van der Waals surface area contributed by atoms with Gasteiger partial charge in [-0.05, 0) is 31.9 Å². The van der Waals surface area contributed by atoms with Crippen LogP contribution in [-0.2, 0) is 4.79 Å². The normalized spacial score (nSPS) is 19.4. The summed E-state index contributed by atoms with van der Waals surface area (Å²) in [5, 5.41) is 12.7. The molecule has 100 valence electrons. The van der Waals surface area contributed by atoms with Gasteiger partial charge in [0.25, 0.3) is 0 Å². The van der Waals surface area contributed by atoms with Crippen LogP contribution in [0.2, 0.25) is 0 Å². The second-order valence-electron chi connectivity index (χ2n) is 5.07. The molecule has 0 amide bonds. The van der Waals surface area contributed by atoms with Crippen LogP contribution in [-0.4, -0.2) is 17.1 Å². The molecule has 1 aromatic heterocycles. The Labute approximate surface area is 112 Å². The van der Waals surface area contributed by atoms with Crippen molar-refractivity contribution in [2.75, 3.05) is 0 Å². The van der Waals surface area contributed by atoms with Crippen LogP contribution in [0.25, 0.3) is 0 Å². The molecular formula is C14H21NO2S. The van der Waals surface area contributed by atoms with E-state index in [0.29, 0.717) is 6.04 Å². The molecule has 0 saturated heterocycles. The Balaban J connectivity index is 2.04. The van der Waals surface area contributed by atoms with E-state index >= 15 is 0 Å². The maximum atomic E-state index is 11.4. The summed E-state index contributed by atoms with van der Waals surface area (Å²) in [5.41, 5.74) is 0. The Kier molecular flexibility index (Phi) is 4.78. The maximum absolute atomic E-state index is 11.4. The highest BCUT2D eigenvalue weighted by Gasteiger charge is 2.25. The van der Waals surface area contributed by atoms with Crippen molar-refractivity contribution in [3.05, 3.63) is 21.9 Å². The van der Waals surface area contributed by atoms with E-state index in [-0.39, 0.29) is 0 Å². The molecule has 1 unspecified atom stereocenters. The molecule has 0 spiro atoms. The predicted molar refractivity (Wildman–Crippen MR) is 74.1 cm³/mol. The quantitative estimate of drug-likeness (QED) is 0.821. The van der Waals surface area contributed by atoms with Crippen molar-refractivity contribution in [3.8, 4) is 0 Å². The third kappa shape index (κ3) is 3.56. The van der Waals surface area contributed by atoms with Gasteiger partial charge in [0.15, 0.2) is 0 Å². The zero-order valence-electron chi connectivity index (χ0n) is 10.8. The molecule has 1 aliphatic rings. The van der Waals surface area contributed by atoms with Crippen molar-refractivity contribution < 1.29 is 9.90 Å². The largest absolute Gasteiger partial charge is 0.480 e. The topological polar surface area (TPSA) is 49.3 Å². The van der Waals surface area contributed by atoms with Crippen LogP contribution in [0.5, 0.6) is 0 Å². The smallest absolute Gasteiger partial charge is 0.326 e. The fourth-order valence-electron chi connectivity index (χ4n) is 2.57. The average Bonchev–Trinajstić information content (AvgIpc) is 2.61. The number of aryl methyl sites for hydroxylation is 1. The Morgan fingerprint density at radius 1 is 1.33 bits per heavy atom. The van der Waals surface area contributed by atoms with E-state index in [9.17, 15) is 9.90 Å². The Hall–Kier alpha value is -0.870. The van der Waals surface area contributed by atoms with Crippen LogP contribution in [0.4, 0.5) is 0 Å². The Morgan fingerprint density at radius 3 is 2.50 bits per heavy atom. The highest BCUT2D eigenvalue weighted by molar-refractivity contribution is 7.12. The molecule has 2 N–H and O–H groups in total. The molecule has 3 nitrogen and oxygen atoms in total. The lowest BCUT2D eigenvalue weighted by Crippen LogP contribution is -2.36. The van der Waals surface area contributed by atoms with Crippen LogP contribution in [0.3, 0.4) is 0 Å². The summed E-state index contributed by atoms with van der Waals surface area (Å²) < 4.78 is 0. The third-order valence-corrected chi connectivity index (χ3v) is 4.62. The molecule has 1 atom stereocenters. The van der Waals surface area contributed by atoms with Crippen molar-refractivity contribution in [2.24, 2.45) is 0 Å². The van der Waals surface area contributed by atoms with Crippen molar-refractivity contribution in [3.63, 3.8) is 0 Å². The number of aliphatic carboxylic acids is 1. The predicted octanol–water partition coefficient (Wildman–Crippen LogP) is 3.49. The van der Waals surface area contributed by atoms with Crippen LogP contribution >= 0.6 is 11.3 Å². The molecular weight excluding hydrogens is 246 g/mol. The van der Waals surface area contributed by atoms with Gasteiger partial charge in [-0.2, -0.15) is 0 Å². The summed E-state index contributed by atoms with van der Waals surface area (Å²) in [6, 6.07) is 3.75. The van der Waals surface area contributed by atoms with E-state index in [1.807, 2.05) is 19.1 Å². The van der Waals surface area contributed by atoms with Gasteiger partial charge < -0.3 is 5.11 Å². The first-order valence-electron chi connectivity index (χ1n) is 6.72. The number of hydrogen-bond donors (Lipinski definition) is 2. The van der Waals surface area contributed by atoms with Crippen molar-refractivity contribution in [1.29, 1.82) is 0 Å². The molecule has 0 radical (unpaired) electrons. The van der Waals surface area contributed by atoms with Crippen LogP contribution in [0, 0.1) is 6.92 Å². The molecule has 2 rings (SSSR count). The summed E-state index contributed by atoms with van der Waals surface area (Å²) in [6.07, 6.45) is 7.21. The molecule has 1 heterocycles. The first-order chi connectivity index (χ1) is 8.66. The number of hydrogen-bond acceptors (Lipinski definition) is 3. The van der Waals surface area contributed by atoms with Crippen molar-refractivity contribution >= 4 is 17.3 Å². The van der Waals surface area contributed by atoms with E-state index in [1.54, 1.807) is 11.3 Å². The highest BCUT2D eigenvalue weighted by Crippen LogP contribution is 2.26. The lowest BCUT2D eigenvalue weighted by atomic mass is 10.1. The second kappa shape index (κ2) is 6.34. The second-order valence-corrected chi connectivity index (χ2v) is 6.39. The summed E-state index contributed by atoms with van der Waals surface area (Å²) in [6.45, 7) is 2.01. The Bertz CT molecular complexity index is 394. The van der Waals surface area contributed by atoms with Gasteiger partial charge in [0.1, 0.15) is 6.04 Å². The minimum atomic E-state index is -0.763. The summed E-state index contributed by atoms with van der Waals surface area (Å²) >= 11 is 1.57. The van der Waals surface area contributed by atoms with Gasteiger partial charge in [0.05, 0.1) is 0 Å². The minimum Gasteiger partial charge on any atom is -0.480 e. The monoisotopic (exact) mass is 267 g/mol. The SMILES string of the molecule is Cc1ccc(C(NC2CCCCCC2)C(=O)O)s1. The molecule has 1 aromatic rings. The fourth-order valence-corrected chi connectivity index (χ4v) is 3.50. The standard InChI is InChI=1S/C14H21NO2S/c1-10-8-9-12(18-10)13(14(16)17)15-11-6-4-2-3-5-7-11/h8-9,11,13,15H,2-7H2,1H3,(H,16,17). The first-order valence-corrected chi connectivity index (χ1v) is 7.53. The minimum absolute atomic E-state index is 0.357. The van der Waals surface area contributed by atoms with Crippen LogP contribution < -0.4 is 5.32 Å². The number of thiophene rings is 1. The molecule has 0 aliphatic heterocycles. The van der Waals surface area contributed by atoms with Gasteiger partial charge in [0, 0.05) is 15.8 Å². The Morgan fingerprint density at radius 2 is 2.00 bits per heavy atom. The van der Waals surface area contributed by atoms with Gasteiger partial charge in [0.2, 0.25) is 0 Å². The summed E-state index contributed by atoms with van der Waals surface area (Å²) in [5.74, 6) is -0.763. The van der Waals surface area contributed by atoms with Crippen LogP contribution in [0.15, 0.2) is 12.1 Å². The molecule has 0 bridgehead atoms. The molecule has 18 heavy (non-hydrogen) atoms. The molecule has 1 aliphatic carbocycles. The van der Waals surface area contributed by atoms with Gasteiger partial charge in [-0.1, -0.05) is 25.7 Å². The van der Waals surface area contributed by atoms with E-state index < -0.39 is 12.0 Å². The fraction of sp³-hybridized carbons (Fsp3) is 0.643. The third-order valence-electron chi connectivity index (χ3n) is 3.55. The van der Waals surface area contributed by atoms with E-state index in [0.717, 1.165) is 17.7 Å². The van der Waals surface area contributed by atoms with Gasteiger partial charge in [-0.25, -0.2) is 0 Å². The lowest BCUT2D eigenvalue weighted by Gasteiger charge is -2.21. The number of nitrogens with one attached hydrogen (secondary N) is 1. The van der Waals surface area contributed by atoms with E-state index in [2.05, 4.69) is 5.32 Å². The molecule has 4 heteroatoms. The molecule has 1 fully saturated rings. The van der Waals surface area contributed by atoms with Gasteiger partial charge >= 0.3 is 5.97 Å². The average molecular weight is 267 g/mol. The maximum Gasteiger partial charge on any atom is 0.326 e. The van der Waals surface area contributed by atoms with E-state index in [4.69, 9.17) is 0 Å². The van der Waals surface area contributed by atoms with Gasteiger partial charge in [-0.3, -0.25) is 10.1 Å². The lowest BCUT2D eigenvalue weighted by molar-refractivity contribution is -0.139. The number of carbonyl (C=O) groups is 1.